The summed E-state index contributed by atoms with van der Waals surface area (Å²) < 4.78 is 6.99. The lowest BCUT2D eigenvalue weighted by Crippen LogP contribution is -2.76. The van der Waals surface area contributed by atoms with Gasteiger partial charge in [-0.1, -0.05) is 13.6 Å². The number of hydrogen-bond donors (Lipinski definition) is 1. The highest BCUT2D eigenvalue weighted by Crippen LogP contribution is 2.12. The quantitative estimate of drug-likeness (QED) is 0.534. The van der Waals surface area contributed by atoms with E-state index < -0.39 is 0 Å². The molecule has 1 aliphatic rings. The van der Waals surface area contributed by atoms with Crippen LogP contribution in [-0.2, 0) is 0 Å². The molecule has 0 bridgehead atoms. The van der Waals surface area contributed by atoms with Gasteiger partial charge in [0.2, 0.25) is 0 Å². The van der Waals surface area contributed by atoms with E-state index >= 15 is 0 Å². The molecule has 0 aliphatic carbocycles. The second-order valence-electron chi connectivity index (χ2n) is 3.92. The van der Waals surface area contributed by atoms with Crippen molar-refractivity contribution in [3.8, 4) is 0 Å². The molecule has 0 unspecified atom stereocenters. The van der Waals surface area contributed by atoms with Crippen LogP contribution >= 0.6 is 0 Å². The summed E-state index contributed by atoms with van der Waals surface area (Å²) >= 11 is 0. The molecule has 1 fully saturated rings. The fraction of sp³-hybridized carbons (Fsp3) is 1.00. The highest BCUT2D eigenvalue weighted by atomic mass is 15.3. The van der Waals surface area contributed by atoms with Crippen molar-refractivity contribution in [3.05, 3.63) is 0 Å². The maximum absolute atomic E-state index is 3.31. The zero-order chi connectivity index (χ0) is 10.2. The second-order valence-corrected chi connectivity index (χ2v) is 3.92. The Bertz CT molecular complexity index is 165. The van der Waals surface area contributed by atoms with Gasteiger partial charge in [-0.05, 0) is 28.2 Å². The number of nitrogens with one attached hydrogen (secondary N) is 1. The zero-order valence-corrected chi connectivity index (χ0v) is 9.57. The van der Waals surface area contributed by atoms with Crippen LogP contribution < -0.4 is 5.23 Å². The third-order valence-corrected chi connectivity index (χ3v) is 3.39. The minimum absolute atomic E-state index is 0.334. The molecule has 0 spiro atoms. The second kappa shape index (κ2) is 4.04. The van der Waals surface area contributed by atoms with Crippen LogP contribution in [0.3, 0.4) is 0 Å². The fourth-order valence-corrected chi connectivity index (χ4v) is 1.99. The monoisotopic (exact) mass is 180 g/mol. The predicted molar refractivity (Wildman–Crippen MR) is 61.3 cm³/mol. The summed E-state index contributed by atoms with van der Waals surface area (Å²) in [5.74, 6) is 0. The van der Waals surface area contributed by atoms with E-state index in [-0.39, 0.29) is 0 Å². The van der Waals surface area contributed by atoms with E-state index in [0.29, 0.717) is 21.1 Å². The number of rotatable bonds is 1. The Morgan fingerprint density at radius 2 is 1.23 bits per heavy atom. The standard InChI is InChI=1S/C6H19B3N4/c1-7-11(4)8(2)13(6)9(10-3)12(7)5/h10H,1-6H3. The van der Waals surface area contributed by atoms with E-state index in [1.54, 1.807) is 0 Å². The first kappa shape index (κ1) is 11.1. The first-order chi connectivity index (χ1) is 6.00. The van der Waals surface area contributed by atoms with Crippen LogP contribution in [0.1, 0.15) is 0 Å². The van der Waals surface area contributed by atoms with Crippen LogP contribution in [0, 0.1) is 0 Å². The normalized spacial score (nSPS) is 23.1. The van der Waals surface area contributed by atoms with Crippen LogP contribution in [0.5, 0.6) is 0 Å². The van der Waals surface area contributed by atoms with Crippen molar-refractivity contribution < 1.29 is 0 Å². The molecule has 0 saturated carbocycles. The fourth-order valence-electron chi connectivity index (χ4n) is 1.99. The van der Waals surface area contributed by atoms with Gasteiger partial charge in [0.05, 0.1) is 0 Å². The summed E-state index contributed by atoms with van der Waals surface area (Å²) in [6.07, 6.45) is 0. The Kier molecular flexibility index (Phi) is 3.46. The minimum Gasteiger partial charge on any atom is -0.360 e. The molecular formula is C6H19B3N4. The Labute approximate surface area is 83.0 Å². The van der Waals surface area contributed by atoms with Gasteiger partial charge >= 0.3 is 7.12 Å². The first-order valence-corrected chi connectivity index (χ1v) is 4.83. The van der Waals surface area contributed by atoms with Crippen molar-refractivity contribution in [3.63, 3.8) is 0 Å². The van der Waals surface area contributed by atoms with Gasteiger partial charge in [-0.3, -0.25) is 0 Å². The summed E-state index contributed by atoms with van der Waals surface area (Å²) in [5, 5.41) is 3.31. The number of hydrogen-bond acceptors (Lipinski definition) is 4. The third kappa shape index (κ3) is 1.79. The van der Waals surface area contributed by atoms with Gasteiger partial charge in [0.1, 0.15) is 0 Å². The Balaban J connectivity index is 2.79. The molecule has 0 radical (unpaired) electrons. The lowest BCUT2D eigenvalue weighted by atomic mass is 9.49. The lowest BCUT2D eigenvalue weighted by molar-refractivity contribution is 0.528. The molecule has 1 aliphatic heterocycles. The molecular weight excluding hydrogens is 161 g/mol. The number of nitrogens with zero attached hydrogens (tertiary/aromatic N) is 3. The molecule has 4 nitrogen and oxygen atoms in total. The summed E-state index contributed by atoms with van der Waals surface area (Å²) in [6.45, 7) is 5.41. The van der Waals surface area contributed by atoms with Gasteiger partial charge in [-0.15, -0.1) is 0 Å². The molecule has 0 aromatic heterocycles. The van der Waals surface area contributed by atoms with Gasteiger partial charge in [0.15, 0.2) is 0 Å². The van der Waals surface area contributed by atoms with Crippen molar-refractivity contribution in [1.82, 2.24) is 19.4 Å². The zero-order valence-electron chi connectivity index (χ0n) is 9.57. The largest absolute Gasteiger partial charge is 0.379 e. The smallest absolute Gasteiger partial charge is 0.360 e. The van der Waals surface area contributed by atoms with Crippen molar-refractivity contribution in [2.24, 2.45) is 0 Å². The van der Waals surface area contributed by atoms with Crippen molar-refractivity contribution >= 4 is 21.1 Å². The van der Waals surface area contributed by atoms with E-state index in [0.717, 1.165) is 0 Å². The van der Waals surface area contributed by atoms with E-state index in [2.05, 4.69) is 54.2 Å². The van der Waals surface area contributed by atoms with Gasteiger partial charge in [0, 0.05) is 0 Å². The average Bonchev–Trinajstić information content (AvgIpc) is 2.13. The third-order valence-electron chi connectivity index (χ3n) is 3.39. The molecule has 0 aromatic carbocycles. The molecule has 13 heavy (non-hydrogen) atoms. The molecule has 72 valence electrons. The Morgan fingerprint density at radius 1 is 0.846 bits per heavy atom. The maximum atomic E-state index is 3.31. The van der Waals surface area contributed by atoms with E-state index in [9.17, 15) is 0 Å². The highest BCUT2D eigenvalue weighted by Gasteiger charge is 2.43. The van der Waals surface area contributed by atoms with Crippen molar-refractivity contribution in [2.45, 2.75) is 13.6 Å². The van der Waals surface area contributed by atoms with Gasteiger partial charge in [-0.25, -0.2) is 0 Å². The van der Waals surface area contributed by atoms with Crippen LogP contribution in [0.4, 0.5) is 0 Å². The molecule has 1 N–H and O–H groups in total. The lowest BCUT2D eigenvalue weighted by Gasteiger charge is -2.48. The SMILES string of the molecule is CNB1N(C)B(C)N(C)B(C)N1C. The minimum atomic E-state index is 0.334. The summed E-state index contributed by atoms with van der Waals surface area (Å²) in [4.78, 5) is 0. The summed E-state index contributed by atoms with van der Waals surface area (Å²) in [6, 6.07) is 0. The van der Waals surface area contributed by atoms with Crippen LogP contribution in [0.15, 0.2) is 0 Å². The van der Waals surface area contributed by atoms with Gasteiger partial charge in [-0.2, -0.15) is 0 Å². The maximum Gasteiger partial charge on any atom is 0.379 e. The summed E-state index contributed by atoms with van der Waals surface area (Å²) in [5.41, 5.74) is 0. The predicted octanol–water partition coefficient (Wildman–Crippen LogP) is -0.764. The summed E-state index contributed by atoms with van der Waals surface area (Å²) in [7, 11) is 8.78. The van der Waals surface area contributed by atoms with Crippen LogP contribution in [0.25, 0.3) is 0 Å². The molecule has 1 rings (SSSR count). The molecule has 1 heterocycles. The van der Waals surface area contributed by atoms with Crippen LogP contribution in [0.2, 0.25) is 13.6 Å². The van der Waals surface area contributed by atoms with Crippen LogP contribution in [-0.4, -0.2) is 63.4 Å². The van der Waals surface area contributed by atoms with E-state index in [1.807, 2.05) is 7.05 Å². The first-order valence-electron chi connectivity index (χ1n) is 4.83. The van der Waals surface area contributed by atoms with Crippen molar-refractivity contribution in [2.75, 3.05) is 28.2 Å². The van der Waals surface area contributed by atoms with Crippen molar-refractivity contribution in [1.29, 1.82) is 0 Å². The molecule has 0 atom stereocenters. The average molecular weight is 180 g/mol. The van der Waals surface area contributed by atoms with Gasteiger partial charge in [0.25, 0.3) is 14.0 Å². The molecule has 7 heteroatoms. The van der Waals surface area contributed by atoms with E-state index in [4.69, 9.17) is 0 Å². The molecule has 1 saturated heterocycles. The van der Waals surface area contributed by atoms with E-state index in [1.165, 1.54) is 0 Å². The van der Waals surface area contributed by atoms with Gasteiger partial charge < -0.3 is 19.4 Å². The molecule has 0 amide bonds. The Hall–Kier alpha value is 0.0348. The topological polar surface area (TPSA) is 21.8 Å². The highest BCUT2D eigenvalue weighted by molar-refractivity contribution is 6.84. The Morgan fingerprint density at radius 3 is 1.54 bits per heavy atom. The molecule has 0 aromatic rings.